The minimum atomic E-state index is -4.87. The van der Waals surface area contributed by atoms with Crippen LogP contribution in [0.25, 0.3) is 22.2 Å². The topological polar surface area (TPSA) is 123 Å². The van der Waals surface area contributed by atoms with Gasteiger partial charge in [-0.2, -0.15) is 23.1 Å². The van der Waals surface area contributed by atoms with Crippen LogP contribution in [-0.2, 0) is 6.18 Å². The van der Waals surface area contributed by atoms with E-state index < -0.39 is 46.8 Å². The summed E-state index contributed by atoms with van der Waals surface area (Å²) < 4.78 is 85.2. The third-order valence-corrected chi connectivity index (χ3v) is 8.36. The van der Waals surface area contributed by atoms with Gasteiger partial charge >= 0.3 is 12.2 Å². The Morgan fingerprint density at radius 1 is 1.11 bits per heavy atom. The fourth-order valence-electron chi connectivity index (χ4n) is 5.91. The lowest BCUT2D eigenvalue weighted by atomic mass is 10.0. The van der Waals surface area contributed by atoms with Crippen molar-refractivity contribution in [1.29, 1.82) is 0 Å². The van der Waals surface area contributed by atoms with Gasteiger partial charge in [0.25, 0.3) is 0 Å². The molecule has 1 saturated heterocycles. The van der Waals surface area contributed by atoms with Gasteiger partial charge in [-0.25, -0.2) is 18.7 Å². The van der Waals surface area contributed by atoms with Crippen molar-refractivity contribution in [2.45, 2.75) is 71.8 Å². The molecule has 46 heavy (non-hydrogen) atoms. The lowest BCUT2D eigenvalue weighted by Crippen LogP contribution is -2.32. The Morgan fingerprint density at radius 3 is 2.54 bits per heavy atom. The lowest BCUT2D eigenvalue weighted by molar-refractivity contribution is -0.137. The van der Waals surface area contributed by atoms with Crippen molar-refractivity contribution in [2.75, 3.05) is 56.9 Å². The van der Waals surface area contributed by atoms with Gasteiger partial charge in [-0.1, -0.05) is 13.8 Å². The monoisotopic (exact) mass is 652 g/mol. The van der Waals surface area contributed by atoms with Gasteiger partial charge in [-0.15, -0.1) is 0 Å². The van der Waals surface area contributed by atoms with Crippen molar-refractivity contribution in [3.8, 4) is 23.1 Å². The smallest absolute Gasteiger partial charge is 0.418 e. The molecular weight excluding hydrogens is 611 g/mol. The Bertz CT molecular complexity index is 1550. The SMILES string of the molecule is CC.Cc1nc(N)cc(-c2nc3c4c(nc(OCC5(CN6CCC(F)C6)CC5)nc4c2F)NCCNCCC(C)O3)c1C(F)(F)F. The quantitative estimate of drug-likeness (QED) is 0.293. The van der Waals surface area contributed by atoms with Crippen LogP contribution in [0, 0.1) is 18.2 Å². The number of alkyl halides is 4. The van der Waals surface area contributed by atoms with Crippen LogP contribution in [0.3, 0.4) is 0 Å². The van der Waals surface area contributed by atoms with Gasteiger partial charge in [0.05, 0.1) is 24.0 Å². The Labute approximate surface area is 264 Å². The number of nitrogen functional groups attached to an aromatic ring is 1. The highest BCUT2D eigenvalue weighted by atomic mass is 19.4. The molecule has 2 fully saturated rings. The number of ether oxygens (including phenoxy) is 2. The molecule has 3 aliphatic rings. The van der Waals surface area contributed by atoms with Gasteiger partial charge in [0.1, 0.15) is 34.4 Å². The van der Waals surface area contributed by atoms with E-state index >= 15 is 4.39 Å². The predicted molar refractivity (Wildman–Crippen MR) is 165 cm³/mol. The highest BCUT2D eigenvalue weighted by Gasteiger charge is 2.46. The molecule has 4 N–H and O–H groups in total. The second kappa shape index (κ2) is 13.6. The van der Waals surface area contributed by atoms with Crippen molar-refractivity contribution < 1.29 is 31.4 Å². The van der Waals surface area contributed by atoms with E-state index in [9.17, 15) is 17.6 Å². The lowest BCUT2D eigenvalue weighted by Gasteiger charge is -2.23. The first-order valence-corrected chi connectivity index (χ1v) is 15.8. The van der Waals surface area contributed by atoms with E-state index in [-0.39, 0.29) is 46.5 Å². The number of nitrogens with zero attached hydrogens (tertiary/aromatic N) is 5. The van der Waals surface area contributed by atoms with Crippen LogP contribution in [0.1, 0.15) is 57.7 Å². The molecule has 10 nitrogen and oxygen atoms in total. The van der Waals surface area contributed by atoms with E-state index in [0.29, 0.717) is 52.1 Å². The summed E-state index contributed by atoms with van der Waals surface area (Å²) in [4.78, 5) is 19.0. The normalized spacial score (nSPS) is 21.4. The molecule has 3 aromatic rings. The minimum Gasteiger partial charge on any atom is -0.474 e. The molecule has 0 amide bonds. The van der Waals surface area contributed by atoms with Crippen molar-refractivity contribution in [3.63, 3.8) is 0 Å². The van der Waals surface area contributed by atoms with Gasteiger partial charge < -0.3 is 25.8 Å². The van der Waals surface area contributed by atoms with E-state index in [1.165, 1.54) is 0 Å². The summed E-state index contributed by atoms with van der Waals surface area (Å²) in [7, 11) is 0. The number of nitrogens with one attached hydrogen (secondary N) is 2. The molecule has 1 aliphatic carbocycles. The number of hydrogen-bond donors (Lipinski definition) is 3. The summed E-state index contributed by atoms with van der Waals surface area (Å²) in [5.41, 5.74) is 2.56. The maximum atomic E-state index is 16.5. The number of pyridine rings is 2. The molecule has 0 radical (unpaired) electrons. The van der Waals surface area contributed by atoms with Crippen LogP contribution in [-0.4, -0.2) is 83.0 Å². The Kier molecular flexibility index (Phi) is 10.0. The van der Waals surface area contributed by atoms with Crippen molar-refractivity contribution in [1.82, 2.24) is 30.2 Å². The zero-order valence-electron chi connectivity index (χ0n) is 26.5. The van der Waals surface area contributed by atoms with E-state index in [4.69, 9.17) is 15.2 Å². The number of halogens is 5. The number of aromatic nitrogens is 4. The first-order valence-electron chi connectivity index (χ1n) is 15.8. The van der Waals surface area contributed by atoms with Crippen molar-refractivity contribution >= 4 is 22.5 Å². The number of nitrogens with two attached hydrogens (primary N) is 1. The molecule has 252 valence electrons. The zero-order chi connectivity index (χ0) is 33.2. The highest BCUT2D eigenvalue weighted by molar-refractivity contribution is 5.96. The van der Waals surface area contributed by atoms with Gasteiger partial charge in [0, 0.05) is 43.7 Å². The molecule has 0 spiro atoms. The molecule has 5 heterocycles. The molecule has 15 heteroatoms. The average molecular weight is 653 g/mol. The molecule has 2 aliphatic heterocycles. The first-order chi connectivity index (χ1) is 21.9. The van der Waals surface area contributed by atoms with Gasteiger partial charge in [-0.05, 0) is 52.1 Å². The largest absolute Gasteiger partial charge is 0.474 e. The second-order valence-electron chi connectivity index (χ2n) is 12.0. The highest BCUT2D eigenvalue weighted by Crippen LogP contribution is 2.47. The molecule has 1 saturated carbocycles. The van der Waals surface area contributed by atoms with Gasteiger partial charge in [-0.3, -0.25) is 4.90 Å². The van der Waals surface area contributed by atoms with Gasteiger partial charge in [0.2, 0.25) is 5.88 Å². The Hall–Kier alpha value is -3.59. The van der Waals surface area contributed by atoms with E-state index in [0.717, 1.165) is 25.8 Å². The maximum absolute atomic E-state index is 16.5. The Balaban J connectivity index is 0.00000204. The van der Waals surface area contributed by atoms with E-state index in [2.05, 4.69) is 35.5 Å². The molecule has 3 aromatic heterocycles. The predicted octanol–water partition coefficient (Wildman–Crippen LogP) is 5.54. The molecule has 2 atom stereocenters. The number of hydrogen-bond acceptors (Lipinski definition) is 10. The average Bonchev–Trinajstić information content (AvgIpc) is 3.65. The van der Waals surface area contributed by atoms with Gasteiger partial charge in [0.15, 0.2) is 5.82 Å². The molecular formula is C31H41F5N8O2. The standard InChI is InChI=1S/C29H35F5N8O2.C2H6/c1-15-3-7-36-8-9-37-25-20-24(40-27(41-25)43-14-28(5-6-28)13-42-10-4-17(30)12-42)22(31)23(39-26(20)44-15)18-11-19(35)38-16(2)21(18)29(32,33)34;1-2/h11,15,17,36H,3-10,12-14H2,1-2H3,(H2,35,38)(H,37,40,41);1-2H3. The van der Waals surface area contributed by atoms with Crippen LogP contribution >= 0.6 is 0 Å². The molecule has 0 aromatic carbocycles. The zero-order valence-corrected chi connectivity index (χ0v) is 26.5. The van der Waals surface area contributed by atoms with E-state index in [1.807, 2.05) is 13.8 Å². The summed E-state index contributed by atoms with van der Waals surface area (Å²) in [6, 6.07) is 0.809. The summed E-state index contributed by atoms with van der Waals surface area (Å²) >= 11 is 0. The third kappa shape index (κ3) is 7.35. The molecule has 6 rings (SSSR count). The number of likely N-dealkylation sites (tertiary alicyclic amines) is 1. The summed E-state index contributed by atoms with van der Waals surface area (Å²) in [5.74, 6) is -1.26. The van der Waals surface area contributed by atoms with Crippen LogP contribution in [0.4, 0.5) is 33.6 Å². The van der Waals surface area contributed by atoms with Crippen molar-refractivity contribution in [3.05, 3.63) is 23.1 Å². The van der Waals surface area contributed by atoms with Crippen LogP contribution in [0.15, 0.2) is 6.07 Å². The van der Waals surface area contributed by atoms with Crippen molar-refractivity contribution in [2.24, 2.45) is 5.41 Å². The van der Waals surface area contributed by atoms with E-state index in [1.54, 1.807) is 6.92 Å². The minimum absolute atomic E-state index is 0.0897. The second-order valence-corrected chi connectivity index (χ2v) is 12.0. The molecule has 0 bridgehead atoms. The fraction of sp³-hybridized carbons (Fsp3) is 0.613. The van der Waals surface area contributed by atoms with Crippen LogP contribution < -0.4 is 25.8 Å². The number of rotatable bonds is 6. The molecule has 2 unspecified atom stereocenters. The first kappa shape index (κ1) is 33.8. The summed E-state index contributed by atoms with van der Waals surface area (Å²) in [6.07, 6.45) is -3.30. The third-order valence-electron chi connectivity index (χ3n) is 8.36. The summed E-state index contributed by atoms with van der Waals surface area (Å²) in [6.45, 7) is 10.5. The Morgan fingerprint density at radius 2 is 1.87 bits per heavy atom. The maximum Gasteiger partial charge on any atom is 0.418 e. The van der Waals surface area contributed by atoms with Crippen LogP contribution in [0.2, 0.25) is 0 Å². The number of anilines is 2. The summed E-state index contributed by atoms with van der Waals surface area (Å²) in [5, 5.41) is 6.52. The number of aryl methyl sites for hydroxylation is 1. The van der Waals surface area contributed by atoms with Crippen LogP contribution in [0.5, 0.6) is 11.9 Å². The fourth-order valence-corrected chi connectivity index (χ4v) is 5.91.